The zero-order valence-corrected chi connectivity index (χ0v) is 15.6. The molecule has 1 fully saturated rings. The molecular weight excluding hydrogens is 352 g/mol. The molecule has 1 aliphatic heterocycles. The number of piperidine rings is 1. The molecular formula is C19H26N2O6. The van der Waals surface area contributed by atoms with E-state index in [1.54, 1.807) is 12.1 Å². The Labute approximate surface area is 158 Å². The maximum atomic E-state index is 12.7. The number of carboxylic acid groups (broad SMARTS) is 1. The third-order valence-electron chi connectivity index (χ3n) is 4.69. The molecule has 1 heterocycles. The van der Waals surface area contributed by atoms with E-state index in [-0.39, 0.29) is 44.2 Å². The molecule has 1 aromatic rings. The van der Waals surface area contributed by atoms with Gasteiger partial charge in [0.05, 0.1) is 19.1 Å². The van der Waals surface area contributed by atoms with Gasteiger partial charge in [-0.3, -0.25) is 9.59 Å². The van der Waals surface area contributed by atoms with Crippen LogP contribution in [0.3, 0.4) is 0 Å². The van der Waals surface area contributed by atoms with Gasteiger partial charge in [-0.25, -0.2) is 4.79 Å². The van der Waals surface area contributed by atoms with E-state index in [2.05, 4.69) is 5.32 Å². The van der Waals surface area contributed by atoms with Gasteiger partial charge in [0.25, 0.3) is 0 Å². The van der Waals surface area contributed by atoms with E-state index in [0.717, 1.165) is 0 Å². The fraction of sp³-hybridized carbons (Fsp3) is 0.526. The van der Waals surface area contributed by atoms with Crippen molar-refractivity contribution in [2.45, 2.75) is 44.8 Å². The molecule has 0 aliphatic carbocycles. The molecule has 0 bridgehead atoms. The van der Waals surface area contributed by atoms with Crippen molar-refractivity contribution >= 4 is 17.8 Å². The summed E-state index contributed by atoms with van der Waals surface area (Å²) in [7, 11) is 0. The highest BCUT2D eigenvalue weighted by Crippen LogP contribution is 2.29. The van der Waals surface area contributed by atoms with Gasteiger partial charge in [-0.1, -0.05) is 18.2 Å². The van der Waals surface area contributed by atoms with Crippen molar-refractivity contribution < 1.29 is 29.3 Å². The van der Waals surface area contributed by atoms with E-state index in [9.17, 15) is 19.5 Å². The Morgan fingerprint density at radius 2 is 1.89 bits per heavy atom. The fourth-order valence-electron chi connectivity index (χ4n) is 3.18. The Balaban J connectivity index is 2.12. The average molecular weight is 378 g/mol. The SMILES string of the molecule is CCOc1ccccc1C(CC(=O)N1CCC(O)(C(=O)O)CC1)NC(C)=O. The monoisotopic (exact) mass is 378 g/mol. The number of likely N-dealkylation sites (tertiary alicyclic amines) is 1. The van der Waals surface area contributed by atoms with Gasteiger partial charge in [0, 0.05) is 38.4 Å². The normalized spacial score (nSPS) is 17.1. The minimum absolute atomic E-state index is 0.0194. The first-order chi connectivity index (χ1) is 12.8. The maximum absolute atomic E-state index is 12.7. The second-order valence-corrected chi connectivity index (χ2v) is 6.65. The van der Waals surface area contributed by atoms with Crippen molar-refractivity contribution in [1.82, 2.24) is 10.2 Å². The molecule has 0 spiro atoms. The number of aliphatic carboxylic acids is 1. The van der Waals surface area contributed by atoms with Gasteiger partial charge in [0.15, 0.2) is 5.60 Å². The maximum Gasteiger partial charge on any atom is 0.335 e. The van der Waals surface area contributed by atoms with Crippen molar-refractivity contribution in [3.8, 4) is 5.75 Å². The number of nitrogens with zero attached hydrogens (tertiary/aromatic N) is 1. The van der Waals surface area contributed by atoms with E-state index in [4.69, 9.17) is 9.84 Å². The van der Waals surface area contributed by atoms with E-state index in [1.165, 1.54) is 11.8 Å². The van der Waals surface area contributed by atoms with Crippen LogP contribution in [0.4, 0.5) is 0 Å². The molecule has 1 aliphatic rings. The summed E-state index contributed by atoms with van der Waals surface area (Å²) in [5.74, 6) is -1.15. The number of rotatable bonds is 7. The summed E-state index contributed by atoms with van der Waals surface area (Å²) in [5, 5.41) is 21.9. The predicted octanol–water partition coefficient (Wildman–Crippen LogP) is 1.09. The molecule has 2 amide bonds. The Bertz CT molecular complexity index is 697. The highest BCUT2D eigenvalue weighted by molar-refractivity contribution is 5.81. The number of amides is 2. The second-order valence-electron chi connectivity index (χ2n) is 6.65. The van der Waals surface area contributed by atoms with Crippen molar-refractivity contribution in [2.75, 3.05) is 19.7 Å². The van der Waals surface area contributed by atoms with Crippen molar-refractivity contribution in [1.29, 1.82) is 0 Å². The van der Waals surface area contributed by atoms with Gasteiger partial charge in [0.1, 0.15) is 5.75 Å². The number of hydrogen-bond acceptors (Lipinski definition) is 5. The molecule has 0 radical (unpaired) electrons. The van der Waals surface area contributed by atoms with Gasteiger partial charge in [0.2, 0.25) is 11.8 Å². The molecule has 0 aromatic heterocycles. The summed E-state index contributed by atoms with van der Waals surface area (Å²) >= 11 is 0. The predicted molar refractivity (Wildman–Crippen MR) is 97.2 cm³/mol. The quantitative estimate of drug-likeness (QED) is 0.654. The minimum atomic E-state index is -1.78. The molecule has 27 heavy (non-hydrogen) atoms. The summed E-state index contributed by atoms with van der Waals surface area (Å²) in [5.41, 5.74) is -1.07. The van der Waals surface area contributed by atoms with E-state index in [0.29, 0.717) is 17.9 Å². The number of carbonyl (C=O) groups is 3. The lowest BCUT2D eigenvalue weighted by Gasteiger charge is -2.36. The molecule has 1 atom stereocenters. The lowest BCUT2D eigenvalue weighted by atomic mass is 9.91. The molecule has 2 rings (SSSR count). The minimum Gasteiger partial charge on any atom is -0.494 e. The summed E-state index contributed by atoms with van der Waals surface area (Å²) in [6.45, 7) is 4.00. The second kappa shape index (κ2) is 8.85. The summed E-state index contributed by atoms with van der Waals surface area (Å²) in [6, 6.07) is 6.66. The molecule has 1 unspecified atom stereocenters. The van der Waals surface area contributed by atoms with Crippen LogP contribution >= 0.6 is 0 Å². The molecule has 1 saturated heterocycles. The first kappa shape index (κ1) is 20.7. The molecule has 8 nitrogen and oxygen atoms in total. The number of ether oxygens (including phenoxy) is 1. The largest absolute Gasteiger partial charge is 0.494 e. The first-order valence-electron chi connectivity index (χ1n) is 8.99. The van der Waals surface area contributed by atoms with Crippen LogP contribution < -0.4 is 10.1 Å². The van der Waals surface area contributed by atoms with Gasteiger partial charge in [-0.05, 0) is 13.0 Å². The third-order valence-corrected chi connectivity index (χ3v) is 4.69. The number of benzene rings is 1. The van der Waals surface area contributed by atoms with E-state index >= 15 is 0 Å². The zero-order chi connectivity index (χ0) is 20.0. The highest BCUT2D eigenvalue weighted by Gasteiger charge is 2.40. The number of aliphatic hydroxyl groups is 1. The molecule has 3 N–H and O–H groups in total. The van der Waals surface area contributed by atoms with E-state index in [1.807, 2.05) is 19.1 Å². The Kier molecular flexibility index (Phi) is 6.79. The van der Waals surface area contributed by atoms with Crippen LogP contribution in [0.5, 0.6) is 5.75 Å². The Morgan fingerprint density at radius 3 is 2.44 bits per heavy atom. The van der Waals surface area contributed by atoms with Gasteiger partial charge in [-0.15, -0.1) is 0 Å². The highest BCUT2D eigenvalue weighted by atomic mass is 16.5. The molecule has 8 heteroatoms. The lowest BCUT2D eigenvalue weighted by Crippen LogP contribution is -2.51. The molecule has 1 aromatic carbocycles. The van der Waals surface area contributed by atoms with Crippen LogP contribution in [0.25, 0.3) is 0 Å². The third kappa shape index (κ3) is 5.19. The standard InChI is InChI=1S/C19H26N2O6/c1-3-27-16-7-5-4-6-14(16)15(20-13(2)22)12-17(23)21-10-8-19(26,9-11-21)18(24)25/h4-7,15,26H,3,8-12H2,1-2H3,(H,20,22)(H,24,25). The Hall–Kier alpha value is -2.61. The molecule has 148 valence electrons. The zero-order valence-electron chi connectivity index (χ0n) is 15.6. The van der Waals surface area contributed by atoms with Crippen LogP contribution in [0, 0.1) is 0 Å². The summed E-state index contributed by atoms with van der Waals surface area (Å²) in [4.78, 5) is 37.0. The number of para-hydroxylation sites is 1. The first-order valence-corrected chi connectivity index (χ1v) is 8.99. The van der Waals surface area contributed by atoms with Crippen LogP contribution in [0.15, 0.2) is 24.3 Å². The fourth-order valence-corrected chi connectivity index (χ4v) is 3.18. The number of carbonyl (C=O) groups excluding carboxylic acids is 2. The number of nitrogens with one attached hydrogen (secondary N) is 1. The van der Waals surface area contributed by atoms with Crippen molar-refractivity contribution in [3.63, 3.8) is 0 Å². The van der Waals surface area contributed by atoms with Gasteiger partial charge < -0.3 is 25.2 Å². The van der Waals surface area contributed by atoms with Crippen LogP contribution in [0.1, 0.15) is 44.7 Å². The lowest BCUT2D eigenvalue weighted by molar-refractivity contribution is -0.165. The summed E-state index contributed by atoms with van der Waals surface area (Å²) < 4.78 is 5.61. The summed E-state index contributed by atoms with van der Waals surface area (Å²) in [6.07, 6.45) is -0.0159. The molecule has 0 saturated carbocycles. The van der Waals surface area contributed by atoms with Crippen LogP contribution in [-0.4, -0.2) is 58.2 Å². The number of carboxylic acids is 1. The van der Waals surface area contributed by atoms with E-state index < -0.39 is 17.6 Å². The number of hydrogen-bond donors (Lipinski definition) is 3. The van der Waals surface area contributed by atoms with Crippen molar-refractivity contribution in [2.24, 2.45) is 0 Å². The van der Waals surface area contributed by atoms with Crippen LogP contribution in [-0.2, 0) is 14.4 Å². The van der Waals surface area contributed by atoms with Gasteiger partial charge in [-0.2, -0.15) is 0 Å². The topological polar surface area (TPSA) is 116 Å². The Morgan fingerprint density at radius 1 is 1.26 bits per heavy atom. The van der Waals surface area contributed by atoms with Gasteiger partial charge >= 0.3 is 5.97 Å². The van der Waals surface area contributed by atoms with Crippen LogP contribution in [0.2, 0.25) is 0 Å². The average Bonchev–Trinajstić information content (AvgIpc) is 2.62. The van der Waals surface area contributed by atoms with Crippen molar-refractivity contribution in [3.05, 3.63) is 29.8 Å². The smallest absolute Gasteiger partial charge is 0.335 e.